The van der Waals surface area contributed by atoms with Crippen molar-refractivity contribution in [3.63, 3.8) is 0 Å². The molecule has 0 radical (unpaired) electrons. The first-order valence-corrected chi connectivity index (χ1v) is 3.69. The minimum absolute atomic E-state index is 0.0378. The standard InChI is InChI=1S/C6H5NO2S/c7-5-3-1-2-4-6(5)10(8)9/h1-4,7H. The van der Waals surface area contributed by atoms with Gasteiger partial charge in [-0.2, -0.15) is 8.42 Å². The van der Waals surface area contributed by atoms with E-state index in [2.05, 4.69) is 0 Å². The number of hydrogen-bond acceptors (Lipinski definition) is 3. The lowest BCUT2D eigenvalue weighted by Crippen LogP contribution is -2.10. The Kier molecular flexibility index (Phi) is 1.82. The van der Waals surface area contributed by atoms with Crippen molar-refractivity contribution < 1.29 is 8.42 Å². The van der Waals surface area contributed by atoms with Crippen LogP contribution in [0.3, 0.4) is 0 Å². The third-order valence-corrected chi connectivity index (χ3v) is 1.78. The van der Waals surface area contributed by atoms with Crippen LogP contribution in [0.25, 0.3) is 0 Å². The second-order valence-electron chi connectivity index (χ2n) is 1.73. The van der Waals surface area contributed by atoms with Crippen LogP contribution in [0.5, 0.6) is 0 Å². The highest BCUT2D eigenvalue weighted by molar-refractivity contribution is 7.75. The van der Waals surface area contributed by atoms with E-state index >= 15 is 0 Å². The van der Waals surface area contributed by atoms with E-state index in [1.54, 1.807) is 12.2 Å². The lowest BCUT2D eigenvalue weighted by atomic mass is 10.2. The van der Waals surface area contributed by atoms with Crippen molar-refractivity contribution in [3.8, 4) is 0 Å². The molecular weight excluding hydrogens is 150 g/mol. The van der Waals surface area contributed by atoms with Gasteiger partial charge in [0.1, 0.15) is 4.86 Å². The summed E-state index contributed by atoms with van der Waals surface area (Å²) in [6.45, 7) is 0. The Morgan fingerprint density at radius 3 is 2.20 bits per heavy atom. The Morgan fingerprint density at radius 1 is 1.20 bits per heavy atom. The molecule has 0 amide bonds. The van der Waals surface area contributed by atoms with Crippen LogP contribution in [-0.2, 0) is 10.3 Å². The van der Waals surface area contributed by atoms with E-state index in [4.69, 9.17) is 5.41 Å². The molecule has 0 aromatic carbocycles. The summed E-state index contributed by atoms with van der Waals surface area (Å²) in [6.07, 6.45) is 6.04. The van der Waals surface area contributed by atoms with Gasteiger partial charge in [0.15, 0.2) is 0 Å². The predicted octanol–water partition coefficient (Wildman–Crippen LogP) is 0.184. The van der Waals surface area contributed by atoms with Crippen molar-refractivity contribution in [3.05, 3.63) is 24.3 Å². The van der Waals surface area contributed by atoms with Crippen molar-refractivity contribution in [2.75, 3.05) is 0 Å². The summed E-state index contributed by atoms with van der Waals surface area (Å²) >= 11 is 0. The fourth-order valence-electron chi connectivity index (χ4n) is 0.612. The molecule has 0 aromatic rings. The summed E-state index contributed by atoms with van der Waals surface area (Å²) in [5.74, 6) is 0. The van der Waals surface area contributed by atoms with Crippen molar-refractivity contribution in [2.24, 2.45) is 0 Å². The highest BCUT2D eigenvalue weighted by Crippen LogP contribution is 1.93. The number of rotatable bonds is 0. The summed E-state index contributed by atoms with van der Waals surface area (Å²) < 4.78 is 20.6. The molecule has 1 rings (SSSR count). The Labute approximate surface area is 59.7 Å². The molecule has 1 aliphatic rings. The first kappa shape index (κ1) is 6.95. The summed E-state index contributed by atoms with van der Waals surface area (Å²) in [6, 6.07) is 0. The number of allylic oxidation sites excluding steroid dienone is 4. The molecule has 10 heavy (non-hydrogen) atoms. The average Bonchev–Trinajstić information content (AvgIpc) is 1.88. The highest BCUT2D eigenvalue weighted by Gasteiger charge is 2.03. The van der Waals surface area contributed by atoms with Crippen LogP contribution >= 0.6 is 0 Å². The van der Waals surface area contributed by atoms with Crippen LogP contribution in [-0.4, -0.2) is 19.0 Å². The molecule has 0 fully saturated rings. The zero-order chi connectivity index (χ0) is 7.56. The second kappa shape index (κ2) is 2.62. The Hall–Kier alpha value is -1.16. The maximum Gasteiger partial charge on any atom is 0.223 e. The second-order valence-corrected chi connectivity index (χ2v) is 2.64. The monoisotopic (exact) mass is 155 g/mol. The highest BCUT2D eigenvalue weighted by atomic mass is 32.2. The van der Waals surface area contributed by atoms with Gasteiger partial charge in [0.05, 0.1) is 5.71 Å². The van der Waals surface area contributed by atoms with Gasteiger partial charge in [-0.05, 0) is 12.2 Å². The zero-order valence-electron chi connectivity index (χ0n) is 5.03. The molecule has 1 N–H and O–H groups in total. The molecule has 1 aliphatic carbocycles. The van der Waals surface area contributed by atoms with Crippen molar-refractivity contribution >= 4 is 20.9 Å². The normalized spacial score (nSPS) is 16.0. The molecule has 4 heteroatoms. The summed E-state index contributed by atoms with van der Waals surface area (Å²) in [5.41, 5.74) is 0.0378. The zero-order valence-corrected chi connectivity index (χ0v) is 5.85. The van der Waals surface area contributed by atoms with E-state index in [-0.39, 0.29) is 10.6 Å². The third-order valence-electron chi connectivity index (χ3n) is 1.07. The first-order valence-electron chi connectivity index (χ1n) is 2.61. The van der Waals surface area contributed by atoms with Crippen molar-refractivity contribution in [1.82, 2.24) is 0 Å². The fourth-order valence-corrected chi connectivity index (χ4v) is 1.05. The molecular formula is C6H5NO2S. The summed E-state index contributed by atoms with van der Waals surface area (Å²) in [7, 11) is -2.28. The molecule has 0 heterocycles. The van der Waals surface area contributed by atoms with E-state index in [9.17, 15) is 8.42 Å². The molecule has 0 saturated carbocycles. The van der Waals surface area contributed by atoms with Gasteiger partial charge < -0.3 is 0 Å². The largest absolute Gasteiger partial charge is 0.299 e. The van der Waals surface area contributed by atoms with Crippen LogP contribution in [0, 0.1) is 5.41 Å². The molecule has 0 unspecified atom stereocenters. The van der Waals surface area contributed by atoms with Gasteiger partial charge in [-0.3, -0.25) is 5.41 Å². The lowest BCUT2D eigenvalue weighted by Gasteiger charge is -1.95. The van der Waals surface area contributed by atoms with Gasteiger partial charge in [-0.15, -0.1) is 0 Å². The lowest BCUT2D eigenvalue weighted by molar-refractivity contribution is 0.627. The predicted molar refractivity (Wildman–Crippen MR) is 39.9 cm³/mol. The van der Waals surface area contributed by atoms with Crippen molar-refractivity contribution in [2.45, 2.75) is 0 Å². The molecule has 0 saturated heterocycles. The molecule has 52 valence electrons. The average molecular weight is 155 g/mol. The van der Waals surface area contributed by atoms with E-state index < -0.39 is 10.3 Å². The third kappa shape index (κ3) is 1.22. The van der Waals surface area contributed by atoms with Crippen LogP contribution in [0.1, 0.15) is 0 Å². The van der Waals surface area contributed by atoms with E-state index in [0.29, 0.717) is 0 Å². The molecule has 0 atom stereocenters. The van der Waals surface area contributed by atoms with Gasteiger partial charge in [0, 0.05) is 0 Å². The van der Waals surface area contributed by atoms with Gasteiger partial charge in [0.25, 0.3) is 0 Å². The van der Waals surface area contributed by atoms with E-state index in [0.717, 1.165) is 0 Å². The molecule has 3 nitrogen and oxygen atoms in total. The van der Waals surface area contributed by atoms with Gasteiger partial charge in [0.2, 0.25) is 10.3 Å². The number of hydrogen-bond donors (Lipinski definition) is 1. The van der Waals surface area contributed by atoms with Crippen LogP contribution < -0.4 is 0 Å². The first-order chi connectivity index (χ1) is 4.72. The summed E-state index contributed by atoms with van der Waals surface area (Å²) in [5, 5.41) is 7.11. The smallest absolute Gasteiger partial charge is 0.223 e. The number of nitrogens with one attached hydrogen (secondary N) is 1. The molecule has 0 bridgehead atoms. The van der Waals surface area contributed by atoms with Crippen LogP contribution in [0.4, 0.5) is 0 Å². The Bertz CT molecular complexity index is 338. The van der Waals surface area contributed by atoms with Gasteiger partial charge in [-0.25, -0.2) is 0 Å². The van der Waals surface area contributed by atoms with E-state index in [1.165, 1.54) is 12.2 Å². The Balaban J connectivity index is 3.28. The van der Waals surface area contributed by atoms with Gasteiger partial charge in [-0.1, -0.05) is 12.2 Å². The van der Waals surface area contributed by atoms with Crippen LogP contribution in [0.15, 0.2) is 24.3 Å². The van der Waals surface area contributed by atoms with Gasteiger partial charge >= 0.3 is 0 Å². The topological polar surface area (TPSA) is 58.0 Å². The minimum Gasteiger partial charge on any atom is -0.299 e. The SMILES string of the molecule is N=C1C=CC=CC1=S(=O)=O. The summed E-state index contributed by atoms with van der Waals surface area (Å²) in [4.78, 5) is 0.0440. The van der Waals surface area contributed by atoms with Crippen molar-refractivity contribution in [1.29, 1.82) is 5.41 Å². The fraction of sp³-hybridized carbons (Fsp3) is 0. The molecule has 0 aliphatic heterocycles. The molecule has 0 spiro atoms. The maximum atomic E-state index is 10.3. The minimum atomic E-state index is -2.28. The Morgan fingerprint density at radius 2 is 1.80 bits per heavy atom. The van der Waals surface area contributed by atoms with E-state index in [1.807, 2.05) is 0 Å². The quantitative estimate of drug-likeness (QED) is 0.507. The van der Waals surface area contributed by atoms with Crippen LogP contribution in [0.2, 0.25) is 0 Å². The molecule has 0 aromatic heterocycles. The maximum absolute atomic E-state index is 10.3.